The van der Waals surface area contributed by atoms with Crippen LogP contribution in [0.5, 0.6) is 0 Å². The van der Waals surface area contributed by atoms with E-state index in [2.05, 4.69) is 25.8 Å². The first-order valence-corrected chi connectivity index (χ1v) is 7.03. The van der Waals surface area contributed by atoms with Gasteiger partial charge in [-0.3, -0.25) is 4.99 Å². The fourth-order valence-electron chi connectivity index (χ4n) is 1.77. The Balaban J connectivity index is 1.74. The van der Waals surface area contributed by atoms with E-state index in [4.69, 9.17) is 16.1 Å². The van der Waals surface area contributed by atoms with Crippen molar-refractivity contribution in [3.05, 3.63) is 46.6 Å². The van der Waals surface area contributed by atoms with Gasteiger partial charge in [0.25, 0.3) is 0 Å². The first kappa shape index (κ1) is 15.3. The van der Waals surface area contributed by atoms with Crippen LogP contribution in [0.1, 0.15) is 17.3 Å². The molecule has 112 valence electrons. The Bertz CT molecular complexity index is 594. The lowest BCUT2D eigenvalue weighted by molar-refractivity contribution is 0.371. The zero-order valence-corrected chi connectivity index (χ0v) is 12.8. The van der Waals surface area contributed by atoms with Crippen LogP contribution in [-0.2, 0) is 13.0 Å². The number of aromatic nitrogens is 2. The molecule has 1 aromatic carbocycles. The Labute approximate surface area is 128 Å². The second-order valence-electron chi connectivity index (χ2n) is 4.46. The van der Waals surface area contributed by atoms with Crippen molar-refractivity contribution in [1.82, 2.24) is 20.8 Å². The van der Waals surface area contributed by atoms with Gasteiger partial charge in [0.1, 0.15) is 0 Å². The van der Waals surface area contributed by atoms with Gasteiger partial charge < -0.3 is 15.2 Å². The molecule has 2 N–H and O–H groups in total. The monoisotopic (exact) mass is 307 g/mol. The molecule has 2 aromatic rings. The lowest BCUT2D eigenvalue weighted by Gasteiger charge is -2.10. The quantitative estimate of drug-likeness (QED) is 0.652. The molecule has 1 heterocycles. The number of rotatable bonds is 5. The molecule has 0 aliphatic rings. The molecule has 0 aliphatic heterocycles. The lowest BCUT2D eigenvalue weighted by Crippen LogP contribution is -2.37. The molecule has 1 aromatic heterocycles. The first-order chi connectivity index (χ1) is 10.2. The van der Waals surface area contributed by atoms with Crippen molar-refractivity contribution in [3.8, 4) is 0 Å². The number of nitrogens with one attached hydrogen (secondary N) is 2. The molecule has 0 radical (unpaired) electrons. The number of hydrogen-bond acceptors (Lipinski definition) is 4. The molecule has 2 rings (SSSR count). The molecule has 0 unspecified atom stereocenters. The van der Waals surface area contributed by atoms with Crippen molar-refractivity contribution in [1.29, 1.82) is 0 Å². The van der Waals surface area contributed by atoms with E-state index in [0.717, 1.165) is 18.0 Å². The summed E-state index contributed by atoms with van der Waals surface area (Å²) >= 11 is 5.86. The minimum absolute atomic E-state index is 0.446. The molecule has 0 atom stereocenters. The van der Waals surface area contributed by atoms with Gasteiger partial charge in [0, 0.05) is 18.6 Å². The first-order valence-electron chi connectivity index (χ1n) is 6.65. The molecule has 7 heteroatoms. The minimum atomic E-state index is 0.446. The highest BCUT2D eigenvalue weighted by Crippen LogP contribution is 2.09. The maximum absolute atomic E-state index is 5.86. The number of aliphatic imine (C=N–C) groups is 1. The van der Waals surface area contributed by atoms with E-state index in [9.17, 15) is 0 Å². The third kappa shape index (κ3) is 5.07. The van der Waals surface area contributed by atoms with Crippen molar-refractivity contribution in [2.24, 2.45) is 4.99 Å². The Morgan fingerprint density at radius 3 is 2.67 bits per heavy atom. The maximum Gasteiger partial charge on any atom is 0.246 e. The summed E-state index contributed by atoms with van der Waals surface area (Å²) in [4.78, 5) is 8.26. The van der Waals surface area contributed by atoms with Crippen molar-refractivity contribution >= 4 is 17.6 Å². The summed E-state index contributed by atoms with van der Waals surface area (Å²) < 4.78 is 5.03. The molecule has 0 saturated heterocycles. The summed E-state index contributed by atoms with van der Waals surface area (Å²) in [6.07, 6.45) is 0.886. The van der Waals surface area contributed by atoms with E-state index in [-0.39, 0.29) is 0 Å². The van der Waals surface area contributed by atoms with Gasteiger partial charge in [0.05, 0.1) is 6.54 Å². The normalized spacial score (nSPS) is 11.5. The summed E-state index contributed by atoms with van der Waals surface area (Å²) in [5, 5.41) is 10.8. The predicted molar refractivity (Wildman–Crippen MR) is 82.4 cm³/mol. The molecule has 0 spiro atoms. The van der Waals surface area contributed by atoms with Crippen LogP contribution < -0.4 is 10.6 Å². The smallest absolute Gasteiger partial charge is 0.246 e. The van der Waals surface area contributed by atoms with Gasteiger partial charge in [0.15, 0.2) is 11.8 Å². The van der Waals surface area contributed by atoms with E-state index in [1.165, 1.54) is 5.56 Å². The lowest BCUT2D eigenvalue weighted by atomic mass is 10.1. The van der Waals surface area contributed by atoms with Gasteiger partial charge in [-0.2, -0.15) is 4.98 Å². The summed E-state index contributed by atoms with van der Waals surface area (Å²) in [5.74, 6) is 1.85. The molecule has 0 fully saturated rings. The average molecular weight is 308 g/mol. The van der Waals surface area contributed by atoms with Crippen molar-refractivity contribution in [3.63, 3.8) is 0 Å². The van der Waals surface area contributed by atoms with E-state index < -0.39 is 0 Å². The van der Waals surface area contributed by atoms with Gasteiger partial charge in [0.2, 0.25) is 5.89 Å². The number of benzene rings is 1. The standard InChI is InChI=1S/C14H18ClN5O/c1-10-19-13(21-20-10)9-18-14(16-2)17-8-7-11-3-5-12(15)6-4-11/h3-6H,7-9H2,1-2H3,(H2,16,17,18). The molecule has 6 nitrogen and oxygen atoms in total. The molecular weight excluding hydrogens is 290 g/mol. The number of hydrogen-bond donors (Lipinski definition) is 2. The van der Waals surface area contributed by atoms with E-state index in [0.29, 0.717) is 24.2 Å². The van der Waals surface area contributed by atoms with Gasteiger partial charge in [-0.05, 0) is 31.0 Å². The van der Waals surface area contributed by atoms with Crippen molar-refractivity contribution < 1.29 is 4.52 Å². The zero-order chi connectivity index (χ0) is 15.1. The second-order valence-corrected chi connectivity index (χ2v) is 4.90. The van der Waals surface area contributed by atoms with Crippen molar-refractivity contribution in [2.45, 2.75) is 19.9 Å². The predicted octanol–water partition coefficient (Wildman–Crippen LogP) is 1.94. The number of aryl methyl sites for hydroxylation is 1. The van der Waals surface area contributed by atoms with Crippen molar-refractivity contribution in [2.75, 3.05) is 13.6 Å². The summed E-state index contributed by atoms with van der Waals surface area (Å²) in [6, 6.07) is 7.81. The zero-order valence-electron chi connectivity index (χ0n) is 12.1. The second kappa shape index (κ2) is 7.64. The topological polar surface area (TPSA) is 75.3 Å². The number of guanidine groups is 1. The average Bonchev–Trinajstić information content (AvgIpc) is 2.90. The minimum Gasteiger partial charge on any atom is -0.356 e. The Kier molecular flexibility index (Phi) is 5.57. The van der Waals surface area contributed by atoms with E-state index in [1.807, 2.05) is 24.3 Å². The maximum atomic E-state index is 5.86. The van der Waals surface area contributed by atoms with Crippen LogP contribution in [0, 0.1) is 6.92 Å². The number of halogens is 1. The van der Waals surface area contributed by atoms with Crippen LogP contribution in [0.25, 0.3) is 0 Å². The van der Waals surface area contributed by atoms with Crippen LogP contribution in [0.2, 0.25) is 5.02 Å². The fourth-order valence-corrected chi connectivity index (χ4v) is 1.89. The molecule has 0 bridgehead atoms. The summed E-state index contributed by atoms with van der Waals surface area (Å²) in [6.45, 7) is 3.00. The van der Waals surface area contributed by atoms with Crippen LogP contribution in [0.3, 0.4) is 0 Å². The largest absolute Gasteiger partial charge is 0.356 e. The highest BCUT2D eigenvalue weighted by molar-refractivity contribution is 6.30. The Morgan fingerprint density at radius 2 is 2.05 bits per heavy atom. The highest BCUT2D eigenvalue weighted by Gasteiger charge is 2.04. The SMILES string of the molecule is CN=C(NCCc1ccc(Cl)cc1)NCc1nc(C)no1. The van der Waals surface area contributed by atoms with Crippen LogP contribution >= 0.6 is 11.6 Å². The Morgan fingerprint density at radius 1 is 1.29 bits per heavy atom. The number of nitrogens with zero attached hydrogens (tertiary/aromatic N) is 3. The van der Waals surface area contributed by atoms with E-state index >= 15 is 0 Å². The highest BCUT2D eigenvalue weighted by atomic mass is 35.5. The fraction of sp³-hybridized carbons (Fsp3) is 0.357. The summed E-state index contributed by atoms with van der Waals surface area (Å²) in [7, 11) is 1.72. The molecule has 21 heavy (non-hydrogen) atoms. The van der Waals surface area contributed by atoms with E-state index in [1.54, 1.807) is 14.0 Å². The summed E-state index contributed by atoms with van der Waals surface area (Å²) in [5.41, 5.74) is 1.22. The van der Waals surface area contributed by atoms with Gasteiger partial charge >= 0.3 is 0 Å². The molecule has 0 aliphatic carbocycles. The molecule has 0 amide bonds. The molecular formula is C14H18ClN5O. The van der Waals surface area contributed by atoms with Gasteiger partial charge in [-0.25, -0.2) is 0 Å². The Hall–Kier alpha value is -2.08. The van der Waals surface area contributed by atoms with Crippen LogP contribution in [0.4, 0.5) is 0 Å². The van der Waals surface area contributed by atoms with Gasteiger partial charge in [-0.1, -0.05) is 28.9 Å². The van der Waals surface area contributed by atoms with Gasteiger partial charge in [-0.15, -0.1) is 0 Å². The van der Waals surface area contributed by atoms with Crippen LogP contribution in [-0.4, -0.2) is 29.7 Å². The van der Waals surface area contributed by atoms with Crippen LogP contribution in [0.15, 0.2) is 33.8 Å². The third-order valence-electron chi connectivity index (χ3n) is 2.82. The molecule has 0 saturated carbocycles. The third-order valence-corrected chi connectivity index (χ3v) is 3.07.